The summed E-state index contributed by atoms with van der Waals surface area (Å²) >= 11 is 0. The number of benzene rings is 1. The van der Waals surface area contributed by atoms with Crippen LogP contribution in [0.3, 0.4) is 0 Å². The molecule has 0 spiro atoms. The second-order valence-electron chi connectivity index (χ2n) is 4.62. The molecular formula is C14H12N2O4. The lowest BCUT2D eigenvalue weighted by Gasteiger charge is -2.12. The standard InChI is InChI=1S/C14H12N2O4/c17-12-3-4-13(18)16(12)20-14(19)8-9-1-2-10-5-6-15-11(10)7-9/h1-2,5-7,15H,3-4,8H2. The number of rotatable bonds is 3. The molecule has 0 saturated carbocycles. The number of amides is 2. The summed E-state index contributed by atoms with van der Waals surface area (Å²) in [5.74, 6) is -1.56. The molecule has 1 aromatic carbocycles. The van der Waals surface area contributed by atoms with Crippen LogP contribution in [0.2, 0.25) is 0 Å². The largest absolute Gasteiger partial charge is 0.361 e. The molecule has 2 amide bonds. The lowest BCUT2D eigenvalue weighted by Crippen LogP contribution is -2.32. The van der Waals surface area contributed by atoms with Gasteiger partial charge in [-0.05, 0) is 23.1 Å². The number of hydrogen-bond acceptors (Lipinski definition) is 4. The number of aromatic amines is 1. The van der Waals surface area contributed by atoms with Crippen molar-refractivity contribution >= 4 is 28.7 Å². The molecule has 3 rings (SSSR count). The number of nitrogens with one attached hydrogen (secondary N) is 1. The van der Waals surface area contributed by atoms with Crippen molar-refractivity contribution in [2.24, 2.45) is 0 Å². The minimum absolute atomic E-state index is 0.00597. The highest BCUT2D eigenvalue weighted by Crippen LogP contribution is 2.16. The minimum Gasteiger partial charge on any atom is -0.361 e. The van der Waals surface area contributed by atoms with Crippen LogP contribution in [0.1, 0.15) is 18.4 Å². The van der Waals surface area contributed by atoms with E-state index in [1.807, 2.05) is 30.5 Å². The first kappa shape index (κ1) is 12.4. The van der Waals surface area contributed by atoms with Crippen molar-refractivity contribution in [3.63, 3.8) is 0 Å². The topological polar surface area (TPSA) is 79.5 Å². The Morgan fingerprint density at radius 3 is 2.70 bits per heavy atom. The molecule has 1 N–H and O–H groups in total. The molecule has 0 unspecified atom stereocenters. The van der Waals surface area contributed by atoms with E-state index < -0.39 is 17.8 Å². The molecule has 2 heterocycles. The SMILES string of the molecule is O=C(Cc1ccc2cc[nH]c2c1)ON1C(=O)CCC1=O. The van der Waals surface area contributed by atoms with Crippen molar-refractivity contribution < 1.29 is 19.2 Å². The number of aromatic nitrogens is 1. The van der Waals surface area contributed by atoms with Crippen molar-refractivity contribution in [3.05, 3.63) is 36.0 Å². The van der Waals surface area contributed by atoms with E-state index in [0.717, 1.165) is 16.5 Å². The van der Waals surface area contributed by atoms with Crippen LogP contribution in [0.4, 0.5) is 0 Å². The van der Waals surface area contributed by atoms with Gasteiger partial charge in [0.2, 0.25) is 0 Å². The second-order valence-corrected chi connectivity index (χ2v) is 4.62. The molecule has 0 radical (unpaired) electrons. The molecule has 2 aromatic rings. The van der Waals surface area contributed by atoms with Gasteiger partial charge in [-0.3, -0.25) is 9.59 Å². The van der Waals surface area contributed by atoms with Gasteiger partial charge in [-0.15, -0.1) is 5.06 Å². The molecule has 0 atom stereocenters. The van der Waals surface area contributed by atoms with Gasteiger partial charge in [-0.25, -0.2) is 4.79 Å². The van der Waals surface area contributed by atoms with Crippen molar-refractivity contribution in [2.45, 2.75) is 19.3 Å². The Labute approximate surface area is 114 Å². The van der Waals surface area contributed by atoms with E-state index in [9.17, 15) is 14.4 Å². The van der Waals surface area contributed by atoms with E-state index in [1.54, 1.807) is 0 Å². The molecule has 0 aliphatic carbocycles. The number of H-pyrrole nitrogens is 1. The predicted octanol–water partition coefficient (Wildman–Crippen LogP) is 1.32. The highest BCUT2D eigenvalue weighted by molar-refractivity contribution is 6.01. The predicted molar refractivity (Wildman–Crippen MR) is 69.2 cm³/mol. The number of hydrogen-bond donors (Lipinski definition) is 1. The molecule has 20 heavy (non-hydrogen) atoms. The molecule has 102 valence electrons. The van der Waals surface area contributed by atoms with Gasteiger partial charge >= 0.3 is 5.97 Å². The highest BCUT2D eigenvalue weighted by atomic mass is 16.7. The molecule has 1 aromatic heterocycles. The van der Waals surface area contributed by atoms with Gasteiger partial charge in [-0.2, -0.15) is 0 Å². The summed E-state index contributed by atoms with van der Waals surface area (Å²) in [5, 5.41) is 1.61. The van der Waals surface area contributed by atoms with Gasteiger partial charge in [0.1, 0.15) is 0 Å². The lowest BCUT2D eigenvalue weighted by atomic mass is 10.1. The fourth-order valence-electron chi connectivity index (χ4n) is 2.16. The van der Waals surface area contributed by atoms with Gasteiger partial charge in [0.05, 0.1) is 6.42 Å². The zero-order valence-corrected chi connectivity index (χ0v) is 10.6. The molecule has 1 fully saturated rings. The van der Waals surface area contributed by atoms with Crippen LogP contribution in [-0.4, -0.2) is 27.8 Å². The van der Waals surface area contributed by atoms with E-state index in [2.05, 4.69) is 4.98 Å². The third kappa shape index (κ3) is 2.27. The van der Waals surface area contributed by atoms with Gasteiger partial charge in [0.25, 0.3) is 11.8 Å². The number of fused-ring (bicyclic) bond motifs is 1. The van der Waals surface area contributed by atoms with Crippen molar-refractivity contribution in [1.82, 2.24) is 10.0 Å². The van der Waals surface area contributed by atoms with E-state index in [4.69, 9.17) is 4.84 Å². The van der Waals surface area contributed by atoms with Crippen molar-refractivity contribution in [2.75, 3.05) is 0 Å². The van der Waals surface area contributed by atoms with Gasteiger partial charge in [0.15, 0.2) is 0 Å². The Bertz CT molecular complexity index is 688. The molecule has 1 saturated heterocycles. The summed E-state index contributed by atoms with van der Waals surface area (Å²) in [5.41, 5.74) is 1.67. The summed E-state index contributed by atoms with van der Waals surface area (Å²) in [6.45, 7) is 0. The summed E-state index contributed by atoms with van der Waals surface area (Å²) in [4.78, 5) is 42.3. The smallest absolute Gasteiger partial charge is 0.337 e. The van der Waals surface area contributed by atoms with E-state index >= 15 is 0 Å². The highest BCUT2D eigenvalue weighted by Gasteiger charge is 2.32. The fraction of sp³-hybridized carbons (Fsp3) is 0.214. The normalized spacial score (nSPS) is 15.1. The van der Waals surface area contributed by atoms with Crippen LogP contribution in [-0.2, 0) is 25.6 Å². The fourth-order valence-corrected chi connectivity index (χ4v) is 2.16. The summed E-state index contributed by atoms with van der Waals surface area (Å²) in [7, 11) is 0. The van der Waals surface area contributed by atoms with Crippen LogP contribution in [0.5, 0.6) is 0 Å². The zero-order valence-electron chi connectivity index (χ0n) is 10.6. The number of imide groups is 1. The Morgan fingerprint density at radius 2 is 1.95 bits per heavy atom. The summed E-state index contributed by atoms with van der Waals surface area (Å²) in [6, 6.07) is 7.47. The average molecular weight is 272 g/mol. The number of nitrogens with zero attached hydrogens (tertiary/aromatic N) is 1. The van der Waals surface area contributed by atoms with E-state index in [-0.39, 0.29) is 19.3 Å². The van der Waals surface area contributed by atoms with E-state index in [1.165, 1.54) is 0 Å². The van der Waals surface area contributed by atoms with Gasteiger partial charge < -0.3 is 9.82 Å². The van der Waals surface area contributed by atoms with Gasteiger partial charge in [0, 0.05) is 24.6 Å². The maximum Gasteiger partial charge on any atom is 0.337 e. The lowest BCUT2D eigenvalue weighted by molar-refractivity contribution is -0.197. The van der Waals surface area contributed by atoms with E-state index in [0.29, 0.717) is 5.06 Å². The monoisotopic (exact) mass is 272 g/mol. The minimum atomic E-state index is -0.625. The molecular weight excluding hydrogens is 260 g/mol. The first-order valence-electron chi connectivity index (χ1n) is 6.26. The van der Waals surface area contributed by atoms with Gasteiger partial charge in [-0.1, -0.05) is 12.1 Å². The molecule has 6 heteroatoms. The van der Waals surface area contributed by atoms with Crippen molar-refractivity contribution in [3.8, 4) is 0 Å². The maximum atomic E-state index is 11.8. The quantitative estimate of drug-likeness (QED) is 0.854. The Balaban J connectivity index is 1.69. The third-order valence-electron chi connectivity index (χ3n) is 3.17. The summed E-state index contributed by atoms with van der Waals surface area (Å²) < 4.78 is 0. The first-order valence-corrected chi connectivity index (χ1v) is 6.26. The number of carbonyl (C=O) groups is 3. The summed E-state index contributed by atoms with van der Waals surface area (Å²) in [6.07, 6.45) is 2.02. The first-order chi connectivity index (χ1) is 9.63. The Hall–Kier alpha value is -2.63. The zero-order chi connectivity index (χ0) is 14.1. The van der Waals surface area contributed by atoms with Crippen LogP contribution in [0.15, 0.2) is 30.5 Å². The van der Waals surface area contributed by atoms with Crippen LogP contribution >= 0.6 is 0 Å². The molecule has 0 bridgehead atoms. The van der Waals surface area contributed by atoms with Crippen molar-refractivity contribution in [1.29, 1.82) is 0 Å². The molecule has 1 aliphatic heterocycles. The maximum absolute atomic E-state index is 11.8. The number of carbonyl (C=O) groups excluding carboxylic acids is 3. The second kappa shape index (κ2) is 4.80. The third-order valence-corrected chi connectivity index (χ3v) is 3.17. The van der Waals surface area contributed by atoms with Crippen LogP contribution < -0.4 is 0 Å². The molecule has 1 aliphatic rings. The van der Waals surface area contributed by atoms with Crippen LogP contribution in [0.25, 0.3) is 10.9 Å². The Kier molecular flexibility index (Phi) is 2.98. The average Bonchev–Trinajstić information content (AvgIpc) is 3.00. The molecule has 6 nitrogen and oxygen atoms in total. The Morgan fingerprint density at radius 1 is 1.20 bits per heavy atom. The van der Waals surface area contributed by atoms with Crippen LogP contribution in [0, 0.1) is 0 Å². The number of hydroxylamine groups is 2.